The van der Waals surface area contributed by atoms with E-state index in [2.05, 4.69) is 23.2 Å². The predicted molar refractivity (Wildman–Crippen MR) is 68.6 cm³/mol. The van der Waals surface area contributed by atoms with Crippen LogP contribution in [0.4, 0.5) is 0 Å². The molecule has 0 saturated carbocycles. The van der Waals surface area contributed by atoms with Crippen molar-refractivity contribution < 1.29 is 4.79 Å². The van der Waals surface area contributed by atoms with Crippen LogP contribution in [0.2, 0.25) is 0 Å². The lowest BCUT2D eigenvalue weighted by atomic mass is 9.99. The number of nitrogens with zero attached hydrogens (tertiary/aromatic N) is 1. The highest BCUT2D eigenvalue weighted by atomic mass is 16.1. The number of carbonyl (C=O) groups excluding carboxylic acids is 1. The smallest absolute Gasteiger partial charge is 0.159 e. The van der Waals surface area contributed by atoms with Gasteiger partial charge in [0.2, 0.25) is 0 Å². The fourth-order valence-electron chi connectivity index (χ4n) is 2.47. The molecule has 2 heteroatoms. The highest BCUT2D eigenvalue weighted by molar-refractivity contribution is 6.09. The van der Waals surface area contributed by atoms with E-state index in [1.54, 1.807) is 6.20 Å². The Balaban J connectivity index is 2.29. The minimum atomic E-state index is 0.271. The summed E-state index contributed by atoms with van der Waals surface area (Å²) in [5.74, 6) is 0.271. The van der Waals surface area contributed by atoms with Gasteiger partial charge < -0.3 is 0 Å². The first-order valence-corrected chi connectivity index (χ1v) is 5.84. The Morgan fingerprint density at radius 2 is 1.94 bits per heavy atom. The van der Waals surface area contributed by atoms with Crippen LogP contribution in [0, 0.1) is 0 Å². The molecule has 0 unspecified atom stereocenters. The van der Waals surface area contributed by atoms with Gasteiger partial charge in [0.15, 0.2) is 5.78 Å². The Kier molecular flexibility index (Phi) is 2.29. The van der Waals surface area contributed by atoms with Crippen LogP contribution in [0.15, 0.2) is 42.1 Å². The van der Waals surface area contributed by atoms with E-state index in [0.29, 0.717) is 6.42 Å². The van der Waals surface area contributed by atoms with Crippen molar-refractivity contribution >= 4 is 22.3 Å². The molecule has 84 valence electrons. The molecule has 0 atom stereocenters. The van der Waals surface area contributed by atoms with Crippen LogP contribution < -0.4 is 0 Å². The lowest BCUT2D eigenvalue weighted by Gasteiger charge is -2.07. The van der Waals surface area contributed by atoms with E-state index in [-0.39, 0.29) is 5.78 Å². The van der Waals surface area contributed by atoms with Crippen LogP contribution in [0.25, 0.3) is 16.5 Å². The monoisotopic (exact) mass is 223 g/mol. The summed E-state index contributed by atoms with van der Waals surface area (Å²) in [7, 11) is 0. The first-order chi connectivity index (χ1) is 8.27. The van der Waals surface area contributed by atoms with Gasteiger partial charge in [-0.15, -0.1) is 0 Å². The van der Waals surface area contributed by atoms with Gasteiger partial charge in [-0.25, -0.2) is 0 Å². The molecular weight excluding hydrogens is 210 g/mol. The molecule has 0 saturated heterocycles. The van der Waals surface area contributed by atoms with Gasteiger partial charge in [-0.1, -0.05) is 24.3 Å². The van der Waals surface area contributed by atoms with E-state index in [0.717, 1.165) is 28.5 Å². The molecule has 1 aromatic carbocycles. The Morgan fingerprint density at radius 3 is 2.71 bits per heavy atom. The Bertz CT molecular complexity index is 635. The topological polar surface area (TPSA) is 30.0 Å². The lowest BCUT2D eigenvalue weighted by Crippen LogP contribution is -1.91. The number of pyridine rings is 1. The highest BCUT2D eigenvalue weighted by Crippen LogP contribution is 2.34. The number of rotatable bonds is 1. The van der Waals surface area contributed by atoms with E-state index < -0.39 is 0 Å². The van der Waals surface area contributed by atoms with Gasteiger partial charge in [-0.2, -0.15) is 0 Å². The normalized spacial score (nSPS) is 15.9. The molecule has 0 bridgehead atoms. The zero-order chi connectivity index (χ0) is 11.8. The van der Waals surface area contributed by atoms with Crippen LogP contribution in [0.5, 0.6) is 0 Å². The SMILES string of the molecule is CC1=C(c2cccc3cccnc23)CCC1=O. The van der Waals surface area contributed by atoms with Crippen molar-refractivity contribution in [1.29, 1.82) is 0 Å². The van der Waals surface area contributed by atoms with Crippen molar-refractivity contribution in [3.05, 3.63) is 47.7 Å². The summed E-state index contributed by atoms with van der Waals surface area (Å²) in [6, 6.07) is 10.1. The third kappa shape index (κ3) is 1.57. The van der Waals surface area contributed by atoms with Gasteiger partial charge in [0, 0.05) is 23.6 Å². The van der Waals surface area contributed by atoms with Crippen LogP contribution in [0.1, 0.15) is 25.3 Å². The zero-order valence-corrected chi connectivity index (χ0v) is 9.73. The van der Waals surface area contributed by atoms with Gasteiger partial charge in [0.05, 0.1) is 5.52 Å². The minimum Gasteiger partial charge on any atom is -0.295 e. The maximum absolute atomic E-state index is 11.6. The second-order valence-corrected chi connectivity index (χ2v) is 4.41. The fourth-order valence-corrected chi connectivity index (χ4v) is 2.47. The van der Waals surface area contributed by atoms with E-state index in [1.807, 2.05) is 19.1 Å². The van der Waals surface area contributed by atoms with Crippen molar-refractivity contribution in [2.24, 2.45) is 0 Å². The molecular formula is C15H13NO. The summed E-state index contributed by atoms with van der Waals surface area (Å²) in [6.07, 6.45) is 3.29. The molecule has 1 aromatic heterocycles. The van der Waals surface area contributed by atoms with Crippen molar-refractivity contribution in [3.8, 4) is 0 Å². The van der Waals surface area contributed by atoms with Crippen LogP contribution in [-0.4, -0.2) is 10.8 Å². The number of fused-ring (bicyclic) bond motifs is 1. The Morgan fingerprint density at radius 1 is 1.12 bits per heavy atom. The van der Waals surface area contributed by atoms with Crippen molar-refractivity contribution in [2.75, 3.05) is 0 Å². The third-order valence-electron chi connectivity index (χ3n) is 3.43. The number of benzene rings is 1. The maximum Gasteiger partial charge on any atom is 0.159 e. The molecule has 2 aromatic rings. The number of hydrogen-bond donors (Lipinski definition) is 0. The molecule has 0 aliphatic heterocycles. The highest BCUT2D eigenvalue weighted by Gasteiger charge is 2.21. The van der Waals surface area contributed by atoms with Gasteiger partial charge >= 0.3 is 0 Å². The molecule has 3 rings (SSSR count). The number of allylic oxidation sites excluding steroid dienone is 2. The van der Waals surface area contributed by atoms with Crippen molar-refractivity contribution in [2.45, 2.75) is 19.8 Å². The lowest BCUT2D eigenvalue weighted by molar-refractivity contribution is -0.114. The average molecular weight is 223 g/mol. The largest absolute Gasteiger partial charge is 0.295 e. The number of carbonyl (C=O) groups is 1. The fraction of sp³-hybridized carbons (Fsp3) is 0.200. The molecule has 0 spiro atoms. The van der Waals surface area contributed by atoms with Crippen LogP contribution >= 0.6 is 0 Å². The van der Waals surface area contributed by atoms with Gasteiger partial charge in [0.1, 0.15) is 0 Å². The van der Waals surface area contributed by atoms with Gasteiger partial charge in [-0.3, -0.25) is 9.78 Å². The quantitative estimate of drug-likeness (QED) is 0.741. The molecule has 0 N–H and O–H groups in total. The first kappa shape index (κ1) is 10.2. The van der Waals surface area contributed by atoms with Crippen LogP contribution in [-0.2, 0) is 4.79 Å². The van der Waals surface area contributed by atoms with Crippen LogP contribution in [0.3, 0.4) is 0 Å². The van der Waals surface area contributed by atoms with E-state index in [4.69, 9.17) is 0 Å². The molecule has 0 amide bonds. The summed E-state index contributed by atoms with van der Waals surface area (Å²) in [5.41, 5.74) is 4.19. The summed E-state index contributed by atoms with van der Waals surface area (Å²) in [6.45, 7) is 1.92. The van der Waals surface area contributed by atoms with E-state index >= 15 is 0 Å². The molecule has 1 aliphatic rings. The minimum absolute atomic E-state index is 0.271. The standard InChI is InChI=1S/C15H13NO/c1-10-12(7-8-14(10)17)13-6-2-4-11-5-3-9-16-15(11)13/h2-6,9H,7-8H2,1H3. The van der Waals surface area contributed by atoms with Crippen molar-refractivity contribution in [1.82, 2.24) is 4.98 Å². The number of para-hydroxylation sites is 1. The van der Waals surface area contributed by atoms with E-state index in [9.17, 15) is 4.79 Å². The summed E-state index contributed by atoms with van der Waals surface area (Å²) in [4.78, 5) is 16.1. The third-order valence-corrected chi connectivity index (χ3v) is 3.43. The number of Topliss-reactive ketones (excluding diaryl/α,β-unsaturated/α-hetero) is 1. The molecule has 17 heavy (non-hydrogen) atoms. The molecule has 2 nitrogen and oxygen atoms in total. The zero-order valence-electron chi connectivity index (χ0n) is 9.73. The number of aromatic nitrogens is 1. The Hall–Kier alpha value is -1.96. The number of ketones is 1. The maximum atomic E-state index is 11.6. The summed E-state index contributed by atoms with van der Waals surface area (Å²) < 4.78 is 0. The van der Waals surface area contributed by atoms with E-state index in [1.165, 1.54) is 5.57 Å². The summed E-state index contributed by atoms with van der Waals surface area (Å²) in [5, 5.41) is 1.13. The van der Waals surface area contributed by atoms with Gasteiger partial charge in [-0.05, 0) is 30.6 Å². The summed E-state index contributed by atoms with van der Waals surface area (Å²) >= 11 is 0. The average Bonchev–Trinajstić information content (AvgIpc) is 2.69. The first-order valence-electron chi connectivity index (χ1n) is 5.84. The predicted octanol–water partition coefficient (Wildman–Crippen LogP) is 3.37. The molecule has 0 radical (unpaired) electrons. The van der Waals surface area contributed by atoms with Crippen molar-refractivity contribution in [3.63, 3.8) is 0 Å². The Labute approximate surface area is 100.0 Å². The second kappa shape index (κ2) is 3.81. The molecule has 1 aliphatic carbocycles. The number of hydrogen-bond acceptors (Lipinski definition) is 2. The second-order valence-electron chi connectivity index (χ2n) is 4.41. The van der Waals surface area contributed by atoms with Gasteiger partial charge in [0.25, 0.3) is 0 Å². The molecule has 1 heterocycles. The molecule has 0 fully saturated rings.